The number of benzene rings is 1. The summed E-state index contributed by atoms with van der Waals surface area (Å²) in [4.78, 5) is 14.0. The third-order valence-electron chi connectivity index (χ3n) is 4.09. The van der Waals surface area contributed by atoms with E-state index in [1.165, 1.54) is 11.1 Å². The van der Waals surface area contributed by atoms with E-state index < -0.39 is 0 Å². The second kappa shape index (κ2) is 7.46. The Kier molecular flexibility index (Phi) is 5.62. The van der Waals surface area contributed by atoms with Gasteiger partial charge in [0.15, 0.2) is 0 Å². The summed E-state index contributed by atoms with van der Waals surface area (Å²) in [6.07, 6.45) is 3.33. The van der Waals surface area contributed by atoms with Gasteiger partial charge in [0.25, 0.3) is 0 Å². The molecule has 1 heterocycles. The lowest BCUT2D eigenvalue weighted by Crippen LogP contribution is -2.45. The fourth-order valence-corrected chi connectivity index (χ4v) is 2.61. The molecule has 0 spiro atoms. The van der Waals surface area contributed by atoms with Crippen LogP contribution in [0.4, 0.5) is 0 Å². The van der Waals surface area contributed by atoms with Crippen LogP contribution in [0.3, 0.4) is 0 Å². The summed E-state index contributed by atoms with van der Waals surface area (Å²) in [5, 5.41) is 0. The second-order valence-corrected chi connectivity index (χ2v) is 5.94. The maximum atomic E-state index is 12.1. The van der Waals surface area contributed by atoms with Crippen LogP contribution in [0.2, 0.25) is 0 Å². The summed E-state index contributed by atoms with van der Waals surface area (Å²) in [6.45, 7) is 6.29. The molecule has 1 aromatic carbocycles. The molecule has 116 valence electrons. The van der Waals surface area contributed by atoms with Gasteiger partial charge in [-0.15, -0.1) is 0 Å². The van der Waals surface area contributed by atoms with Gasteiger partial charge in [0, 0.05) is 25.6 Å². The number of piperidine rings is 1. The highest BCUT2D eigenvalue weighted by atomic mass is 16.5. The highest BCUT2D eigenvalue weighted by Crippen LogP contribution is 2.17. The van der Waals surface area contributed by atoms with Crippen LogP contribution >= 0.6 is 0 Å². The Hall–Kier alpha value is -1.55. The molecule has 2 rings (SSSR count). The van der Waals surface area contributed by atoms with Crippen molar-refractivity contribution in [2.24, 2.45) is 5.73 Å². The fraction of sp³-hybridized carbons (Fsp3) is 0.588. The lowest BCUT2D eigenvalue weighted by atomic mass is 10.1. The second-order valence-electron chi connectivity index (χ2n) is 5.94. The zero-order valence-corrected chi connectivity index (χ0v) is 13.1. The molecule has 1 saturated heterocycles. The number of carbonyl (C=O) groups is 1. The first-order chi connectivity index (χ1) is 10.1. The first-order valence-corrected chi connectivity index (χ1v) is 7.79. The Morgan fingerprint density at radius 1 is 1.38 bits per heavy atom. The Balaban J connectivity index is 1.69. The van der Waals surface area contributed by atoms with Crippen LogP contribution in [-0.4, -0.2) is 36.5 Å². The van der Waals surface area contributed by atoms with E-state index in [2.05, 4.69) is 19.9 Å². The molecular formula is C17H26N2O2. The van der Waals surface area contributed by atoms with Gasteiger partial charge in [-0.1, -0.05) is 6.07 Å². The van der Waals surface area contributed by atoms with Crippen LogP contribution in [-0.2, 0) is 4.79 Å². The number of ether oxygens (including phenoxy) is 1. The molecule has 1 aliphatic rings. The Labute approximate surface area is 127 Å². The largest absolute Gasteiger partial charge is 0.494 e. The molecule has 0 unspecified atom stereocenters. The smallest absolute Gasteiger partial charge is 0.222 e. The summed E-state index contributed by atoms with van der Waals surface area (Å²) in [7, 11) is 0. The average Bonchev–Trinajstić information content (AvgIpc) is 2.47. The van der Waals surface area contributed by atoms with Gasteiger partial charge in [-0.3, -0.25) is 4.79 Å². The first kappa shape index (κ1) is 15.8. The minimum atomic E-state index is 0.148. The third-order valence-corrected chi connectivity index (χ3v) is 4.09. The van der Waals surface area contributed by atoms with Crippen molar-refractivity contribution in [1.29, 1.82) is 0 Å². The number of aryl methyl sites for hydroxylation is 2. The van der Waals surface area contributed by atoms with Crippen LogP contribution in [0.25, 0.3) is 0 Å². The normalized spacial score (nSPS) is 18.6. The quantitative estimate of drug-likeness (QED) is 0.847. The van der Waals surface area contributed by atoms with Crippen molar-refractivity contribution in [3.05, 3.63) is 29.3 Å². The molecule has 4 heteroatoms. The van der Waals surface area contributed by atoms with Gasteiger partial charge in [-0.2, -0.15) is 0 Å². The zero-order valence-electron chi connectivity index (χ0n) is 13.1. The number of nitrogens with two attached hydrogens (primary N) is 1. The SMILES string of the molecule is Cc1ccc(OCCCC(=O)N2CCC[C@H](N)C2)cc1C. The van der Waals surface area contributed by atoms with Gasteiger partial charge in [0.2, 0.25) is 5.91 Å². The predicted octanol–water partition coefficient (Wildman–Crippen LogP) is 2.41. The summed E-state index contributed by atoms with van der Waals surface area (Å²) in [5.74, 6) is 1.08. The number of nitrogens with zero attached hydrogens (tertiary/aromatic N) is 1. The van der Waals surface area contributed by atoms with Crippen LogP contribution in [0, 0.1) is 13.8 Å². The molecule has 0 saturated carbocycles. The van der Waals surface area contributed by atoms with E-state index in [4.69, 9.17) is 10.5 Å². The monoisotopic (exact) mass is 290 g/mol. The first-order valence-electron chi connectivity index (χ1n) is 7.79. The molecule has 0 aromatic heterocycles. The highest BCUT2D eigenvalue weighted by Gasteiger charge is 2.20. The Bertz CT molecular complexity index is 488. The number of amides is 1. The topological polar surface area (TPSA) is 55.6 Å². The van der Waals surface area contributed by atoms with E-state index in [0.717, 1.165) is 31.6 Å². The van der Waals surface area contributed by atoms with Gasteiger partial charge >= 0.3 is 0 Å². The van der Waals surface area contributed by atoms with Crippen molar-refractivity contribution in [3.8, 4) is 5.75 Å². The average molecular weight is 290 g/mol. The highest BCUT2D eigenvalue weighted by molar-refractivity contribution is 5.76. The van der Waals surface area contributed by atoms with Crippen LogP contribution < -0.4 is 10.5 Å². The number of likely N-dealkylation sites (tertiary alicyclic amines) is 1. The summed E-state index contributed by atoms with van der Waals surface area (Å²) < 4.78 is 5.71. The molecule has 21 heavy (non-hydrogen) atoms. The predicted molar refractivity (Wildman–Crippen MR) is 84.4 cm³/mol. The number of hydrogen-bond donors (Lipinski definition) is 1. The lowest BCUT2D eigenvalue weighted by molar-refractivity contribution is -0.132. The molecule has 1 amide bonds. The summed E-state index contributed by atoms with van der Waals surface area (Å²) in [6, 6.07) is 6.23. The Morgan fingerprint density at radius 3 is 2.90 bits per heavy atom. The van der Waals surface area contributed by atoms with E-state index >= 15 is 0 Å². The third kappa shape index (κ3) is 4.74. The van der Waals surface area contributed by atoms with E-state index in [9.17, 15) is 4.79 Å². The van der Waals surface area contributed by atoms with Gasteiger partial charge in [0.05, 0.1) is 6.61 Å². The van der Waals surface area contributed by atoms with Crippen molar-refractivity contribution >= 4 is 5.91 Å². The molecule has 2 N–H and O–H groups in total. The maximum absolute atomic E-state index is 12.1. The van der Waals surface area contributed by atoms with E-state index in [0.29, 0.717) is 19.6 Å². The maximum Gasteiger partial charge on any atom is 0.222 e. The lowest BCUT2D eigenvalue weighted by Gasteiger charge is -2.30. The molecule has 0 bridgehead atoms. The minimum absolute atomic E-state index is 0.148. The van der Waals surface area contributed by atoms with Gasteiger partial charge < -0.3 is 15.4 Å². The molecule has 1 atom stereocenters. The molecule has 1 fully saturated rings. The molecule has 1 aliphatic heterocycles. The molecule has 1 aromatic rings. The van der Waals surface area contributed by atoms with E-state index in [-0.39, 0.29) is 11.9 Å². The van der Waals surface area contributed by atoms with Crippen molar-refractivity contribution < 1.29 is 9.53 Å². The Morgan fingerprint density at radius 2 is 2.19 bits per heavy atom. The van der Waals surface area contributed by atoms with Gasteiger partial charge in [0.1, 0.15) is 5.75 Å². The van der Waals surface area contributed by atoms with Crippen molar-refractivity contribution in [3.63, 3.8) is 0 Å². The molecular weight excluding hydrogens is 264 g/mol. The van der Waals surface area contributed by atoms with E-state index in [1.807, 2.05) is 17.0 Å². The zero-order chi connectivity index (χ0) is 15.2. The van der Waals surface area contributed by atoms with Crippen LogP contribution in [0.1, 0.15) is 36.8 Å². The fourth-order valence-electron chi connectivity index (χ4n) is 2.61. The van der Waals surface area contributed by atoms with Crippen molar-refractivity contribution in [1.82, 2.24) is 4.90 Å². The summed E-state index contributed by atoms with van der Waals surface area (Å²) in [5.41, 5.74) is 8.39. The van der Waals surface area contributed by atoms with Crippen LogP contribution in [0.5, 0.6) is 5.75 Å². The molecule has 0 aliphatic carbocycles. The molecule has 0 radical (unpaired) electrons. The number of rotatable bonds is 5. The summed E-state index contributed by atoms with van der Waals surface area (Å²) >= 11 is 0. The standard InChI is InChI=1S/C17H26N2O2/c1-13-7-8-16(11-14(13)2)21-10-4-6-17(20)19-9-3-5-15(18)12-19/h7-8,11,15H,3-6,9-10,12,18H2,1-2H3/t15-/m0/s1. The molecule has 4 nitrogen and oxygen atoms in total. The van der Waals surface area contributed by atoms with Gasteiger partial charge in [-0.25, -0.2) is 0 Å². The van der Waals surface area contributed by atoms with Crippen molar-refractivity contribution in [2.75, 3.05) is 19.7 Å². The van der Waals surface area contributed by atoms with Crippen molar-refractivity contribution in [2.45, 2.75) is 45.6 Å². The van der Waals surface area contributed by atoms with E-state index in [1.54, 1.807) is 0 Å². The number of hydrogen-bond acceptors (Lipinski definition) is 3. The van der Waals surface area contributed by atoms with Gasteiger partial charge in [-0.05, 0) is 56.4 Å². The van der Waals surface area contributed by atoms with Crippen LogP contribution in [0.15, 0.2) is 18.2 Å². The number of carbonyl (C=O) groups excluding carboxylic acids is 1. The minimum Gasteiger partial charge on any atom is -0.494 e.